The molecule has 150 valence electrons. The monoisotopic (exact) mass is 399 g/mol. The number of aryl methyl sites for hydroxylation is 1. The number of nitrogens with zero attached hydrogens (tertiary/aromatic N) is 2. The summed E-state index contributed by atoms with van der Waals surface area (Å²) in [5.41, 5.74) is 3.86. The molecular weight excluding hydrogens is 378 g/mol. The number of carbonyl (C=O) groups is 1. The molecule has 0 saturated heterocycles. The van der Waals surface area contributed by atoms with Crippen molar-refractivity contribution in [2.45, 2.75) is 13.0 Å². The molecule has 4 aromatic rings. The van der Waals surface area contributed by atoms with Gasteiger partial charge in [0.2, 0.25) is 0 Å². The van der Waals surface area contributed by atoms with E-state index in [1.165, 1.54) is 7.11 Å². The molecule has 0 bridgehead atoms. The first-order valence-corrected chi connectivity index (χ1v) is 9.52. The molecule has 30 heavy (non-hydrogen) atoms. The number of anilines is 1. The van der Waals surface area contributed by atoms with Crippen LogP contribution in [0.2, 0.25) is 0 Å². The summed E-state index contributed by atoms with van der Waals surface area (Å²) in [6.07, 6.45) is 1.70. The first-order valence-electron chi connectivity index (χ1n) is 9.52. The number of methoxy groups -OCH3 is 1. The molecular formula is C24H21N3O3. The van der Waals surface area contributed by atoms with E-state index in [9.17, 15) is 9.90 Å². The fourth-order valence-electron chi connectivity index (χ4n) is 3.40. The molecule has 0 aliphatic rings. The van der Waals surface area contributed by atoms with Crippen LogP contribution in [0.15, 0.2) is 72.9 Å². The molecule has 1 atom stereocenters. The summed E-state index contributed by atoms with van der Waals surface area (Å²) < 4.78 is 4.82. The molecule has 4 rings (SSSR count). The Labute approximate surface area is 174 Å². The summed E-state index contributed by atoms with van der Waals surface area (Å²) in [6, 6.07) is 19.8. The Morgan fingerprint density at radius 1 is 1.07 bits per heavy atom. The van der Waals surface area contributed by atoms with E-state index in [1.807, 2.05) is 55.5 Å². The number of hydrogen-bond acceptors (Lipinski definition) is 6. The number of ether oxygens (including phenoxy) is 1. The zero-order valence-corrected chi connectivity index (χ0v) is 16.7. The molecule has 0 aliphatic heterocycles. The fraction of sp³-hybridized carbons (Fsp3) is 0.125. The lowest BCUT2D eigenvalue weighted by atomic mass is 9.99. The third kappa shape index (κ3) is 3.80. The normalized spacial score (nSPS) is 11.8. The van der Waals surface area contributed by atoms with Crippen molar-refractivity contribution in [3.8, 4) is 5.75 Å². The topological polar surface area (TPSA) is 84.3 Å². The number of aromatic hydroxyl groups is 1. The first-order chi connectivity index (χ1) is 14.6. The maximum atomic E-state index is 11.9. The Kier molecular flexibility index (Phi) is 5.30. The van der Waals surface area contributed by atoms with Gasteiger partial charge in [-0.05, 0) is 43.3 Å². The zero-order valence-electron chi connectivity index (χ0n) is 16.7. The molecule has 1 unspecified atom stereocenters. The number of hydrogen-bond donors (Lipinski definition) is 2. The molecule has 0 amide bonds. The smallest absolute Gasteiger partial charge is 0.337 e. The standard InChI is InChI=1S/C24H21N3O3/c1-15-9-10-16-11-12-19(23(28)21(16)26-15)22(20-8-3-4-13-25-20)27-18-7-5-6-17(14-18)24(29)30-2/h3-14,22,27-28H,1-2H3. The Morgan fingerprint density at radius 2 is 1.90 bits per heavy atom. The van der Waals surface area contributed by atoms with E-state index in [0.29, 0.717) is 22.3 Å². The van der Waals surface area contributed by atoms with Crippen LogP contribution >= 0.6 is 0 Å². The molecule has 0 fully saturated rings. The van der Waals surface area contributed by atoms with Crippen molar-refractivity contribution in [3.05, 3.63) is 95.4 Å². The zero-order chi connectivity index (χ0) is 21.1. The van der Waals surface area contributed by atoms with Crippen molar-refractivity contribution in [2.24, 2.45) is 0 Å². The number of aromatic nitrogens is 2. The minimum Gasteiger partial charge on any atom is -0.505 e. The predicted molar refractivity (Wildman–Crippen MR) is 116 cm³/mol. The van der Waals surface area contributed by atoms with E-state index < -0.39 is 12.0 Å². The molecule has 0 aliphatic carbocycles. The van der Waals surface area contributed by atoms with Gasteiger partial charge in [-0.3, -0.25) is 4.98 Å². The molecule has 2 N–H and O–H groups in total. The van der Waals surface area contributed by atoms with Gasteiger partial charge in [0.1, 0.15) is 11.3 Å². The average Bonchev–Trinajstić information content (AvgIpc) is 2.79. The van der Waals surface area contributed by atoms with Crippen LogP contribution in [-0.2, 0) is 4.74 Å². The Hall–Kier alpha value is -3.93. The largest absolute Gasteiger partial charge is 0.505 e. The number of pyridine rings is 2. The third-order valence-electron chi connectivity index (χ3n) is 4.90. The van der Waals surface area contributed by atoms with Gasteiger partial charge in [0.05, 0.1) is 24.4 Å². The van der Waals surface area contributed by atoms with Gasteiger partial charge in [-0.25, -0.2) is 9.78 Å². The fourth-order valence-corrected chi connectivity index (χ4v) is 3.40. The Bertz CT molecular complexity index is 1210. The SMILES string of the molecule is COC(=O)c1cccc(NC(c2ccccn2)c2ccc3ccc(C)nc3c2O)c1. The average molecular weight is 399 g/mol. The summed E-state index contributed by atoms with van der Waals surface area (Å²) >= 11 is 0. The molecule has 6 heteroatoms. The minimum atomic E-state index is -0.453. The van der Waals surface area contributed by atoms with Gasteiger partial charge in [0.25, 0.3) is 0 Å². The number of rotatable bonds is 5. The van der Waals surface area contributed by atoms with Crippen LogP contribution < -0.4 is 5.32 Å². The van der Waals surface area contributed by atoms with Gasteiger partial charge in [0.15, 0.2) is 0 Å². The lowest BCUT2D eigenvalue weighted by Gasteiger charge is -2.22. The summed E-state index contributed by atoms with van der Waals surface area (Å²) in [4.78, 5) is 20.9. The van der Waals surface area contributed by atoms with Crippen LogP contribution in [0.5, 0.6) is 5.75 Å². The number of carbonyl (C=O) groups excluding carboxylic acids is 1. The summed E-state index contributed by atoms with van der Waals surface area (Å²) in [5, 5.41) is 15.3. The molecule has 2 heterocycles. The summed E-state index contributed by atoms with van der Waals surface area (Å²) in [7, 11) is 1.35. The van der Waals surface area contributed by atoms with Crippen molar-refractivity contribution >= 4 is 22.6 Å². The van der Waals surface area contributed by atoms with Crippen molar-refractivity contribution in [3.63, 3.8) is 0 Å². The second-order valence-electron chi connectivity index (χ2n) is 6.93. The predicted octanol–water partition coefficient (Wildman–Crippen LogP) is 4.63. The van der Waals surface area contributed by atoms with Gasteiger partial charge in [-0.2, -0.15) is 0 Å². The van der Waals surface area contributed by atoms with E-state index >= 15 is 0 Å². The molecule has 0 spiro atoms. The van der Waals surface area contributed by atoms with Crippen LogP contribution in [0.1, 0.15) is 33.4 Å². The number of fused-ring (bicyclic) bond motifs is 1. The van der Waals surface area contributed by atoms with Gasteiger partial charge in [-0.1, -0.05) is 30.3 Å². The summed E-state index contributed by atoms with van der Waals surface area (Å²) in [6.45, 7) is 1.89. The maximum absolute atomic E-state index is 11.9. The highest BCUT2D eigenvalue weighted by molar-refractivity contribution is 5.90. The van der Waals surface area contributed by atoms with E-state index in [0.717, 1.165) is 16.8 Å². The lowest BCUT2D eigenvalue weighted by Crippen LogP contribution is -2.15. The van der Waals surface area contributed by atoms with E-state index in [2.05, 4.69) is 15.3 Å². The van der Waals surface area contributed by atoms with Crippen LogP contribution in [0.4, 0.5) is 5.69 Å². The number of phenols is 1. The van der Waals surface area contributed by atoms with Crippen molar-refractivity contribution in [1.29, 1.82) is 0 Å². The second-order valence-corrected chi connectivity index (χ2v) is 6.93. The number of nitrogens with one attached hydrogen (secondary N) is 1. The first kappa shape index (κ1) is 19.4. The van der Waals surface area contributed by atoms with E-state index in [4.69, 9.17) is 4.74 Å². The van der Waals surface area contributed by atoms with Crippen molar-refractivity contribution in [2.75, 3.05) is 12.4 Å². The maximum Gasteiger partial charge on any atom is 0.337 e. The lowest BCUT2D eigenvalue weighted by molar-refractivity contribution is 0.0601. The van der Waals surface area contributed by atoms with Gasteiger partial charge < -0.3 is 15.2 Å². The van der Waals surface area contributed by atoms with Gasteiger partial charge in [-0.15, -0.1) is 0 Å². The minimum absolute atomic E-state index is 0.100. The molecule has 2 aromatic carbocycles. The van der Waals surface area contributed by atoms with E-state index in [1.54, 1.807) is 24.4 Å². The highest BCUT2D eigenvalue weighted by Crippen LogP contribution is 2.36. The van der Waals surface area contributed by atoms with Gasteiger partial charge in [0, 0.05) is 28.5 Å². The summed E-state index contributed by atoms with van der Waals surface area (Å²) in [5.74, 6) is -0.315. The highest BCUT2D eigenvalue weighted by atomic mass is 16.5. The van der Waals surface area contributed by atoms with Crippen LogP contribution in [0.3, 0.4) is 0 Å². The second kappa shape index (κ2) is 8.21. The third-order valence-corrected chi connectivity index (χ3v) is 4.90. The number of esters is 1. The van der Waals surface area contributed by atoms with Gasteiger partial charge >= 0.3 is 5.97 Å². The van der Waals surface area contributed by atoms with Crippen LogP contribution in [-0.4, -0.2) is 28.2 Å². The Morgan fingerprint density at radius 3 is 2.67 bits per heavy atom. The number of phenolic OH excluding ortho intramolecular Hbond substituents is 1. The van der Waals surface area contributed by atoms with E-state index in [-0.39, 0.29) is 5.75 Å². The highest BCUT2D eigenvalue weighted by Gasteiger charge is 2.21. The number of benzene rings is 2. The molecule has 6 nitrogen and oxygen atoms in total. The van der Waals surface area contributed by atoms with Crippen molar-refractivity contribution < 1.29 is 14.6 Å². The molecule has 2 aromatic heterocycles. The van der Waals surface area contributed by atoms with Crippen LogP contribution in [0.25, 0.3) is 10.9 Å². The van der Waals surface area contributed by atoms with Crippen molar-refractivity contribution in [1.82, 2.24) is 9.97 Å². The quantitative estimate of drug-likeness (QED) is 0.476. The Balaban J connectivity index is 1.82. The molecule has 0 saturated carbocycles. The molecule has 0 radical (unpaired) electrons. The van der Waals surface area contributed by atoms with Crippen LogP contribution in [0, 0.1) is 6.92 Å².